The molecule has 228 valence electrons. The molecule has 2 aliphatic rings. The minimum absolute atomic E-state index is 0.0352. The van der Waals surface area contributed by atoms with Crippen molar-refractivity contribution >= 4 is 29.2 Å². The number of ether oxygens (including phenoxy) is 1. The highest BCUT2D eigenvalue weighted by Gasteiger charge is 2.38. The molecule has 11 heteroatoms. The second kappa shape index (κ2) is 13.1. The van der Waals surface area contributed by atoms with Crippen molar-refractivity contribution in [1.82, 2.24) is 9.80 Å². The number of carbonyl (C=O) groups excluding carboxylic acids is 3. The third-order valence-electron chi connectivity index (χ3n) is 8.13. The molecule has 5 rings (SSSR count). The molecule has 44 heavy (non-hydrogen) atoms. The summed E-state index contributed by atoms with van der Waals surface area (Å²) in [6, 6.07) is 19.5. The SMILES string of the molecule is CCOC(=O)C1=C(C)N(Cc2ccc(C(=O)N3CCN(c4ccc([N+](=O)[O-])cc4)CC3)cc2)C(=O)C[C@@H]1c1ccccc1F. The number of nitro benzene ring substituents is 1. The summed E-state index contributed by atoms with van der Waals surface area (Å²) in [6.45, 7) is 5.90. The Hall–Kier alpha value is -5.06. The Kier molecular flexibility index (Phi) is 9.03. The van der Waals surface area contributed by atoms with Crippen LogP contribution in [0.3, 0.4) is 0 Å². The van der Waals surface area contributed by atoms with Crippen LogP contribution >= 0.6 is 0 Å². The van der Waals surface area contributed by atoms with Gasteiger partial charge in [0.15, 0.2) is 0 Å². The number of carbonyl (C=O) groups is 3. The number of allylic oxidation sites excluding steroid dienone is 1. The van der Waals surface area contributed by atoms with Crippen LogP contribution < -0.4 is 4.90 Å². The van der Waals surface area contributed by atoms with E-state index >= 15 is 0 Å². The van der Waals surface area contributed by atoms with Crippen molar-refractivity contribution in [2.45, 2.75) is 32.7 Å². The van der Waals surface area contributed by atoms with Crippen molar-refractivity contribution < 1.29 is 28.4 Å². The third-order valence-corrected chi connectivity index (χ3v) is 8.13. The average molecular weight is 601 g/mol. The van der Waals surface area contributed by atoms with Gasteiger partial charge in [0, 0.05) is 67.6 Å². The molecular weight excluding hydrogens is 567 g/mol. The van der Waals surface area contributed by atoms with E-state index in [-0.39, 0.29) is 48.2 Å². The van der Waals surface area contributed by atoms with Gasteiger partial charge < -0.3 is 19.4 Å². The third kappa shape index (κ3) is 6.31. The Labute approximate surface area is 254 Å². The van der Waals surface area contributed by atoms with Crippen LogP contribution in [0, 0.1) is 15.9 Å². The lowest BCUT2D eigenvalue weighted by Gasteiger charge is -2.36. The minimum atomic E-state index is -0.750. The molecule has 10 nitrogen and oxygen atoms in total. The fourth-order valence-corrected chi connectivity index (χ4v) is 5.77. The van der Waals surface area contributed by atoms with Gasteiger partial charge in [0.1, 0.15) is 5.82 Å². The predicted octanol–water partition coefficient (Wildman–Crippen LogP) is 5.05. The molecule has 1 saturated heterocycles. The predicted molar refractivity (Wildman–Crippen MR) is 161 cm³/mol. The Morgan fingerprint density at radius 1 is 0.977 bits per heavy atom. The molecule has 3 aromatic rings. The highest BCUT2D eigenvalue weighted by Crippen LogP contribution is 2.38. The molecule has 1 atom stereocenters. The first-order chi connectivity index (χ1) is 21.2. The largest absolute Gasteiger partial charge is 0.463 e. The number of piperazine rings is 1. The number of esters is 1. The maximum absolute atomic E-state index is 14.7. The van der Waals surface area contributed by atoms with Gasteiger partial charge in [0.25, 0.3) is 11.6 Å². The average Bonchev–Trinajstić information content (AvgIpc) is 3.03. The Morgan fingerprint density at radius 3 is 2.25 bits per heavy atom. The van der Waals surface area contributed by atoms with Crippen molar-refractivity contribution in [2.24, 2.45) is 0 Å². The number of nitro groups is 1. The van der Waals surface area contributed by atoms with Crippen molar-refractivity contribution in [1.29, 1.82) is 0 Å². The number of nitrogens with zero attached hydrogens (tertiary/aromatic N) is 4. The molecule has 2 aliphatic heterocycles. The zero-order valence-corrected chi connectivity index (χ0v) is 24.6. The van der Waals surface area contributed by atoms with E-state index in [0.717, 1.165) is 11.3 Å². The van der Waals surface area contributed by atoms with Crippen LogP contribution in [0.25, 0.3) is 0 Å². The fourth-order valence-electron chi connectivity index (χ4n) is 5.77. The second-order valence-electron chi connectivity index (χ2n) is 10.7. The van der Waals surface area contributed by atoms with Crippen LogP contribution in [-0.2, 0) is 20.9 Å². The summed E-state index contributed by atoms with van der Waals surface area (Å²) in [5.41, 5.74) is 3.14. The molecule has 0 N–H and O–H groups in total. The summed E-state index contributed by atoms with van der Waals surface area (Å²) in [7, 11) is 0. The van der Waals surface area contributed by atoms with Crippen LogP contribution in [0.1, 0.15) is 47.7 Å². The Morgan fingerprint density at radius 2 is 1.64 bits per heavy atom. The van der Waals surface area contributed by atoms with Crippen molar-refractivity contribution in [3.8, 4) is 0 Å². The van der Waals surface area contributed by atoms with Gasteiger partial charge in [-0.1, -0.05) is 30.3 Å². The van der Waals surface area contributed by atoms with Gasteiger partial charge in [-0.2, -0.15) is 0 Å². The van der Waals surface area contributed by atoms with Crippen LogP contribution in [0.2, 0.25) is 0 Å². The van der Waals surface area contributed by atoms with Crippen LogP contribution in [-0.4, -0.2) is 65.3 Å². The number of anilines is 1. The normalized spacial score (nSPS) is 17.1. The van der Waals surface area contributed by atoms with E-state index in [4.69, 9.17) is 4.74 Å². The Bertz CT molecular complexity index is 1600. The van der Waals surface area contributed by atoms with Crippen molar-refractivity contribution in [3.05, 3.63) is 117 Å². The van der Waals surface area contributed by atoms with Gasteiger partial charge in [0.05, 0.1) is 23.6 Å². The number of rotatable bonds is 8. The maximum Gasteiger partial charge on any atom is 0.336 e. The van der Waals surface area contributed by atoms with Gasteiger partial charge >= 0.3 is 5.97 Å². The lowest BCUT2D eigenvalue weighted by atomic mass is 9.83. The highest BCUT2D eigenvalue weighted by atomic mass is 19.1. The number of halogens is 1. The van der Waals surface area contributed by atoms with E-state index in [1.54, 1.807) is 73.3 Å². The van der Waals surface area contributed by atoms with E-state index in [9.17, 15) is 28.9 Å². The minimum Gasteiger partial charge on any atom is -0.463 e. The summed E-state index contributed by atoms with van der Waals surface area (Å²) in [5.74, 6) is -2.16. The first kappa shape index (κ1) is 30.4. The summed E-state index contributed by atoms with van der Waals surface area (Å²) in [6.07, 6.45) is -0.0746. The van der Waals surface area contributed by atoms with Crippen molar-refractivity contribution in [2.75, 3.05) is 37.7 Å². The molecule has 3 aromatic carbocycles. The molecule has 0 bridgehead atoms. The quantitative estimate of drug-likeness (QED) is 0.202. The molecule has 0 spiro atoms. The zero-order chi connectivity index (χ0) is 31.4. The van der Waals surface area contributed by atoms with E-state index in [2.05, 4.69) is 4.90 Å². The van der Waals surface area contributed by atoms with Crippen LogP contribution in [0.15, 0.2) is 84.1 Å². The monoisotopic (exact) mass is 600 g/mol. The molecule has 1 fully saturated rings. The van der Waals surface area contributed by atoms with Gasteiger partial charge in [-0.05, 0) is 55.3 Å². The number of amides is 2. The van der Waals surface area contributed by atoms with Gasteiger partial charge in [-0.15, -0.1) is 0 Å². The Balaban J connectivity index is 1.26. The topological polar surface area (TPSA) is 113 Å². The summed E-state index contributed by atoms with van der Waals surface area (Å²) < 4.78 is 20.0. The molecular formula is C33H33FN4O6. The summed E-state index contributed by atoms with van der Waals surface area (Å²) >= 11 is 0. The first-order valence-corrected chi connectivity index (χ1v) is 14.5. The van der Waals surface area contributed by atoms with E-state index in [1.807, 2.05) is 0 Å². The molecule has 2 heterocycles. The van der Waals surface area contributed by atoms with Crippen LogP contribution in [0.4, 0.5) is 15.8 Å². The smallest absolute Gasteiger partial charge is 0.336 e. The van der Waals surface area contributed by atoms with Crippen LogP contribution in [0.5, 0.6) is 0 Å². The molecule has 0 aliphatic carbocycles. The molecule has 0 aromatic heterocycles. The first-order valence-electron chi connectivity index (χ1n) is 14.5. The fraction of sp³-hybridized carbons (Fsp3) is 0.303. The number of hydrogen-bond donors (Lipinski definition) is 0. The van der Waals surface area contributed by atoms with Crippen molar-refractivity contribution in [3.63, 3.8) is 0 Å². The lowest BCUT2D eigenvalue weighted by Crippen LogP contribution is -2.48. The molecule has 0 saturated carbocycles. The van der Waals surface area contributed by atoms with Gasteiger partial charge in [-0.3, -0.25) is 19.7 Å². The standard InChI is InChI=1S/C33H33FN4O6/c1-3-44-33(41)31-22(2)37(30(39)20-28(31)27-6-4-5-7-29(27)34)21-23-8-10-24(11-9-23)32(40)36-18-16-35(17-19-36)25-12-14-26(15-13-25)38(42)43/h4-15,28H,3,16-21H2,1-2H3/t28-/m1/s1. The molecule has 0 radical (unpaired) electrons. The summed E-state index contributed by atoms with van der Waals surface area (Å²) in [5, 5.41) is 10.9. The van der Waals surface area contributed by atoms with Gasteiger partial charge in [0.2, 0.25) is 5.91 Å². The summed E-state index contributed by atoms with van der Waals surface area (Å²) in [4.78, 5) is 55.4. The van der Waals surface area contributed by atoms with E-state index in [0.29, 0.717) is 37.4 Å². The molecule has 0 unspecified atom stereocenters. The second-order valence-corrected chi connectivity index (χ2v) is 10.7. The zero-order valence-electron chi connectivity index (χ0n) is 24.6. The molecule has 2 amide bonds. The maximum atomic E-state index is 14.7. The van der Waals surface area contributed by atoms with Gasteiger partial charge in [-0.25, -0.2) is 9.18 Å². The van der Waals surface area contributed by atoms with E-state index in [1.165, 1.54) is 23.1 Å². The van der Waals surface area contributed by atoms with E-state index < -0.39 is 22.6 Å². The number of benzene rings is 3. The lowest BCUT2D eigenvalue weighted by molar-refractivity contribution is -0.384. The highest BCUT2D eigenvalue weighted by molar-refractivity contribution is 5.96. The number of hydrogen-bond acceptors (Lipinski definition) is 7. The number of non-ortho nitro benzene ring substituents is 1.